The smallest absolute Gasteiger partial charge is 0.277 e. The van der Waals surface area contributed by atoms with Crippen molar-refractivity contribution in [3.8, 4) is 10.4 Å². The normalized spacial score (nSPS) is 10.2. The molecule has 0 unspecified atom stereocenters. The van der Waals surface area contributed by atoms with Crippen LogP contribution in [0.25, 0.3) is 10.4 Å². The number of pyridine rings is 1. The third-order valence-corrected chi connectivity index (χ3v) is 3.17. The molecule has 0 aliphatic carbocycles. The van der Waals surface area contributed by atoms with Gasteiger partial charge in [0, 0.05) is 12.4 Å². The SMILES string of the molecule is Cc1nc(C(N)=O)sc1-c1ccncc1. The van der Waals surface area contributed by atoms with Gasteiger partial charge < -0.3 is 5.73 Å². The number of carbonyl (C=O) groups excluding carboxylic acids is 1. The molecule has 2 rings (SSSR count). The monoisotopic (exact) mass is 219 g/mol. The van der Waals surface area contributed by atoms with Gasteiger partial charge in [-0.1, -0.05) is 0 Å². The van der Waals surface area contributed by atoms with Crippen LogP contribution in [-0.2, 0) is 0 Å². The molecule has 0 aromatic carbocycles. The Morgan fingerprint density at radius 1 is 1.40 bits per heavy atom. The molecule has 0 fully saturated rings. The largest absolute Gasteiger partial charge is 0.364 e. The summed E-state index contributed by atoms with van der Waals surface area (Å²) in [6.45, 7) is 1.86. The molecule has 2 aromatic heterocycles. The van der Waals surface area contributed by atoms with Crippen molar-refractivity contribution in [1.29, 1.82) is 0 Å². The predicted molar refractivity (Wildman–Crippen MR) is 58.6 cm³/mol. The van der Waals surface area contributed by atoms with E-state index in [2.05, 4.69) is 9.97 Å². The second-order valence-corrected chi connectivity index (χ2v) is 4.03. The second-order valence-electron chi connectivity index (χ2n) is 3.03. The summed E-state index contributed by atoms with van der Waals surface area (Å²) in [5.74, 6) is -0.483. The number of hydrogen-bond acceptors (Lipinski definition) is 4. The van der Waals surface area contributed by atoms with Gasteiger partial charge in [-0.15, -0.1) is 11.3 Å². The summed E-state index contributed by atoms with van der Waals surface area (Å²) >= 11 is 1.31. The van der Waals surface area contributed by atoms with Gasteiger partial charge in [-0.05, 0) is 24.6 Å². The Morgan fingerprint density at radius 2 is 2.07 bits per heavy atom. The molecule has 76 valence electrons. The molecule has 0 saturated heterocycles. The fourth-order valence-electron chi connectivity index (χ4n) is 1.27. The molecule has 0 radical (unpaired) electrons. The Hall–Kier alpha value is -1.75. The first-order valence-electron chi connectivity index (χ1n) is 4.36. The Bertz CT molecular complexity index is 493. The Morgan fingerprint density at radius 3 is 2.60 bits per heavy atom. The molecule has 0 aliphatic rings. The number of amides is 1. The minimum absolute atomic E-state index is 0.347. The van der Waals surface area contributed by atoms with Crippen molar-refractivity contribution in [1.82, 2.24) is 9.97 Å². The first kappa shape index (κ1) is 9.79. The van der Waals surface area contributed by atoms with Gasteiger partial charge in [-0.3, -0.25) is 9.78 Å². The lowest BCUT2D eigenvalue weighted by Gasteiger charge is -1.95. The van der Waals surface area contributed by atoms with Crippen LogP contribution in [-0.4, -0.2) is 15.9 Å². The number of carbonyl (C=O) groups is 1. The molecule has 1 amide bonds. The molecule has 0 aliphatic heterocycles. The van der Waals surface area contributed by atoms with E-state index in [1.165, 1.54) is 11.3 Å². The van der Waals surface area contributed by atoms with Crippen LogP contribution in [0.2, 0.25) is 0 Å². The van der Waals surface area contributed by atoms with E-state index < -0.39 is 5.91 Å². The highest BCUT2D eigenvalue weighted by molar-refractivity contribution is 7.17. The summed E-state index contributed by atoms with van der Waals surface area (Å²) in [6.07, 6.45) is 3.41. The van der Waals surface area contributed by atoms with Crippen molar-refractivity contribution in [3.63, 3.8) is 0 Å². The molecule has 4 nitrogen and oxygen atoms in total. The molecule has 15 heavy (non-hydrogen) atoms. The lowest BCUT2D eigenvalue weighted by molar-refractivity contribution is 0.1000. The standard InChI is InChI=1S/C10H9N3OS/c1-6-8(7-2-4-12-5-3-7)15-10(13-6)9(11)14/h2-5H,1H3,(H2,11,14). The maximum Gasteiger partial charge on any atom is 0.277 e. The lowest BCUT2D eigenvalue weighted by atomic mass is 10.2. The fraction of sp³-hybridized carbons (Fsp3) is 0.100. The molecule has 2 heterocycles. The van der Waals surface area contributed by atoms with Crippen LogP contribution >= 0.6 is 11.3 Å². The van der Waals surface area contributed by atoms with Crippen molar-refractivity contribution >= 4 is 17.2 Å². The van der Waals surface area contributed by atoms with E-state index in [9.17, 15) is 4.79 Å². The number of aryl methyl sites for hydroxylation is 1. The fourth-order valence-corrected chi connectivity index (χ4v) is 2.20. The molecule has 2 aromatic rings. The summed E-state index contributed by atoms with van der Waals surface area (Å²) in [5.41, 5.74) is 7.00. The van der Waals surface area contributed by atoms with Gasteiger partial charge in [0.1, 0.15) is 0 Å². The molecule has 5 heteroatoms. The second kappa shape index (κ2) is 3.78. The first-order chi connectivity index (χ1) is 7.18. The first-order valence-corrected chi connectivity index (χ1v) is 5.18. The van der Waals surface area contributed by atoms with Gasteiger partial charge in [-0.25, -0.2) is 4.98 Å². The molecule has 2 N–H and O–H groups in total. The third kappa shape index (κ3) is 1.87. The maximum absolute atomic E-state index is 11.0. The lowest BCUT2D eigenvalue weighted by Crippen LogP contribution is -2.10. The average Bonchev–Trinajstić information content (AvgIpc) is 2.62. The van der Waals surface area contributed by atoms with Gasteiger partial charge in [0.05, 0.1) is 10.6 Å². The van der Waals surface area contributed by atoms with E-state index in [1.54, 1.807) is 12.4 Å². The minimum Gasteiger partial charge on any atom is -0.364 e. The number of aromatic nitrogens is 2. The number of rotatable bonds is 2. The number of thiazole rings is 1. The molecule has 0 spiro atoms. The molecular formula is C10H9N3OS. The Kier molecular flexibility index (Phi) is 2.47. The van der Waals surface area contributed by atoms with Gasteiger partial charge in [-0.2, -0.15) is 0 Å². The van der Waals surface area contributed by atoms with Gasteiger partial charge in [0.15, 0.2) is 5.01 Å². The minimum atomic E-state index is -0.483. The Balaban J connectivity index is 2.50. The maximum atomic E-state index is 11.0. The van der Waals surface area contributed by atoms with Crippen LogP contribution in [0.5, 0.6) is 0 Å². The molecular weight excluding hydrogens is 210 g/mol. The molecule has 0 bridgehead atoms. The average molecular weight is 219 g/mol. The van der Waals surface area contributed by atoms with Gasteiger partial charge in [0.25, 0.3) is 5.91 Å². The van der Waals surface area contributed by atoms with Crippen LogP contribution in [0, 0.1) is 6.92 Å². The van der Waals surface area contributed by atoms with Crippen molar-refractivity contribution in [2.45, 2.75) is 6.92 Å². The summed E-state index contributed by atoms with van der Waals surface area (Å²) in [4.78, 5) is 20.0. The zero-order valence-electron chi connectivity index (χ0n) is 8.10. The summed E-state index contributed by atoms with van der Waals surface area (Å²) in [7, 11) is 0. The zero-order valence-corrected chi connectivity index (χ0v) is 8.91. The molecule has 0 saturated carbocycles. The van der Waals surface area contributed by atoms with Crippen LogP contribution < -0.4 is 5.73 Å². The van der Waals surface area contributed by atoms with Crippen LogP contribution in [0.3, 0.4) is 0 Å². The van der Waals surface area contributed by atoms with E-state index in [0.717, 1.165) is 16.1 Å². The quantitative estimate of drug-likeness (QED) is 0.834. The van der Waals surface area contributed by atoms with Crippen molar-refractivity contribution < 1.29 is 4.79 Å². The van der Waals surface area contributed by atoms with Gasteiger partial charge in [0.2, 0.25) is 0 Å². The van der Waals surface area contributed by atoms with Crippen molar-refractivity contribution in [2.24, 2.45) is 5.73 Å². The highest BCUT2D eigenvalue weighted by Gasteiger charge is 2.12. The predicted octanol–water partition coefficient (Wildman–Crippen LogP) is 1.61. The van der Waals surface area contributed by atoms with E-state index in [1.807, 2.05) is 19.1 Å². The van der Waals surface area contributed by atoms with Gasteiger partial charge >= 0.3 is 0 Å². The van der Waals surface area contributed by atoms with Crippen LogP contribution in [0.4, 0.5) is 0 Å². The summed E-state index contributed by atoms with van der Waals surface area (Å²) in [6, 6.07) is 3.76. The highest BCUT2D eigenvalue weighted by Crippen LogP contribution is 2.28. The van der Waals surface area contributed by atoms with E-state index >= 15 is 0 Å². The number of nitrogens with two attached hydrogens (primary N) is 1. The topological polar surface area (TPSA) is 68.9 Å². The van der Waals surface area contributed by atoms with Crippen molar-refractivity contribution in [2.75, 3.05) is 0 Å². The number of primary amides is 1. The number of nitrogens with zero attached hydrogens (tertiary/aromatic N) is 2. The van der Waals surface area contributed by atoms with Crippen molar-refractivity contribution in [3.05, 3.63) is 35.2 Å². The Labute approximate surface area is 90.8 Å². The highest BCUT2D eigenvalue weighted by atomic mass is 32.1. The zero-order chi connectivity index (χ0) is 10.8. The number of hydrogen-bond donors (Lipinski definition) is 1. The van der Waals surface area contributed by atoms with E-state index in [4.69, 9.17) is 5.73 Å². The summed E-state index contributed by atoms with van der Waals surface area (Å²) in [5, 5.41) is 0.347. The van der Waals surface area contributed by atoms with Crippen LogP contribution in [0.1, 0.15) is 15.5 Å². The third-order valence-electron chi connectivity index (χ3n) is 1.95. The van der Waals surface area contributed by atoms with E-state index in [0.29, 0.717) is 5.01 Å². The van der Waals surface area contributed by atoms with Crippen LogP contribution in [0.15, 0.2) is 24.5 Å². The van der Waals surface area contributed by atoms with E-state index in [-0.39, 0.29) is 0 Å². The summed E-state index contributed by atoms with van der Waals surface area (Å²) < 4.78 is 0. The molecule has 0 atom stereocenters.